The SMILES string of the molecule is Cc1ccc(NC(=O)N2CCC3(CC2)C(=O)N(CC(=O)N2CCCC2)CN3c2ccccc2)c(C)c1. The molecule has 0 aromatic heterocycles. The van der Waals surface area contributed by atoms with Crippen LogP contribution in [0.5, 0.6) is 0 Å². The van der Waals surface area contributed by atoms with Crippen molar-refractivity contribution in [1.82, 2.24) is 14.7 Å². The minimum Gasteiger partial charge on any atom is -0.341 e. The second-order valence-electron chi connectivity index (χ2n) is 10.3. The van der Waals surface area contributed by atoms with Gasteiger partial charge in [0, 0.05) is 37.6 Å². The maximum atomic E-state index is 13.9. The van der Waals surface area contributed by atoms with Gasteiger partial charge < -0.3 is 24.9 Å². The van der Waals surface area contributed by atoms with Crippen molar-refractivity contribution in [3.8, 4) is 0 Å². The Kier molecular flexibility index (Phi) is 6.60. The lowest BCUT2D eigenvalue weighted by Crippen LogP contribution is -2.58. The molecule has 2 aromatic rings. The van der Waals surface area contributed by atoms with E-state index in [2.05, 4.69) is 10.2 Å². The maximum absolute atomic E-state index is 13.9. The number of nitrogens with one attached hydrogen (secondary N) is 1. The Labute approximate surface area is 212 Å². The maximum Gasteiger partial charge on any atom is 0.321 e. The van der Waals surface area contributed by atoms with Crippen LogP contribution in [0.1, 0.15) is 36.8 Å². The first-order chi connectivity index (χ1) is 17.4. The quantitative estimate of drug-likeness (QED) is 0.712. The zero-order valence-corrected chi connectivity index (χ0v) is 21.2. The average molecular weight is 490 g/mol. The van der Waals surface area contributed by atoms with Crippen LogP contribution in [0.15, 0.2) is 48.5 Å². The fourth-order valence-electron chi connectivity index (χ4n) is 5.78. The van der Waals surface area contributed by atoms with E-state index in [9.17, 15) is 14.4 Å². The van der Waals surface area contributed by atoms with Gasteiger partial charge in [0.1, 0.15) is 12.1 Å². The van der Waals surface area contributed by atoms with Crippen molar-refractivity contribution in [1.29, 1.82) is 0 Å². The Morgan fingerprint density at radius 2 is 1.61 bits per heavy atom. The first-order valence-electron chi connectivity index (χ1n) is 12.9. The number of urea groups is 1. The second kappa shape index (κ2) is 9.84. The van der Waals surface area contributed by atoms with Gasteiger partial charge in [-0.05, 0) is 63.3 Å². The Bertz CT molecular complexity index is 1140. The third-order valence-corrected chi connectivity index (χ3v) is 7.87. The van der Waals surface area contributed by atoms with Gasteiger partial charge in [-0.3, -0.25) is 9.59 Å². The lowest BCUT2D eigenvalue weighted by atomic mass is 9.85. The summed E-state index contributed by atoms with van der Waals surface area (Å²) in [6, 6.07) is 15.8. The van der Waals surface area contributed by atoms with Crippen LogP contribution < -0.4 is 10.2 Å². The largest absolute Gasteiger partial charge is 0.341 e. The van der Waals surface area contributed by atoms with Crippen LogP contribution in [-0.4, -0.2) is 77.5 Å². The molecule has 0 radical (unpaired) electrons. The molecule has 36 heavy (non-hydrogen) atoms. The molecule has 2 aromatic carbocycles. The molecule has 0 unspecified atom stereocenters. The van der Waals surface area contributed by atoms with Gasteiger partial charge in [0.25, 0.3) is 5.91 Å². The zero-order valence-electron chi connectivity index (χ0n) is 21.2. The van der Waals surface area contributed by atoms with Crippen LogP contribution >= 0.6 is 0 Å². The van der Waals surface area contributed by atoms with Crippen LogP contribution in [0, 0.1) is 13.8 Å². The lowest BCUT2D eigenvalue weighted by molar-refractivity contribution is -0.140. The average Bonchev–Trinajstić information content (AvgIpc) is 3.51. The summed E-state index contributed by atoms with van der Waals surface area (Å²) in [4.78, 5) is 47.3. The van der Waals surface area contributed by atoms with E-state index in [4.69, 9.17) is 0 Å². The molecular weight excluding hydrogens is 454 g/mol. The number of benzene rings is 2. The van der Waals surface area contributed by atoms with Crippen LogP contribution in [-0.2, 0) is 9.59 Å². The molecule has 0 saturated carbocycles. The summed E-state index contributed by atoms with van der Waals surface area (Å²) in [5.74, 6) is 0.0181. The van der Waals surface area contributed by atoms with Crippen molar-refractivity contribution in [3.05, 3.63) is 59.7 Å². The molecule has 0 aliphatic carbocycles. The van der Waals surface area contributed by atoms with E-state index < -0.39 is 5.54 Å². The van der Waals surface area contributed by atoms with Crippen molar-refractivity contribution >= 4 is 29.2 Å². The smallest absolute Gasteiger partial charge is 0.321 e. The van der Waals surface area contributed by atoms with Crippen LogP contribution in [0.2, 0.25) is 0 Å². The number of nitrogens with zero attached hydrogens (tertiary/aromatic N) is 4. The van der Waals surface area contributed by atoms with E-state index in [0.717, 1.165) is 48.4 Å². The molecule has 8 nitrogen and oxygen atoms in total. The first kappa shape index (κ1) is 24.2. The number of likely N-dealkylation sites (tertiary alicyclic amines) is 2. The van der Waals surface area contributed by atoms with Gasteiger partial charge in [-0.1, -0.05) is 35.9 Å². The minimum atomic E-state index is -0.747. The van der Waals surface area contributed by atoms with Crippen molar-refractivity contribution in [2.45, 2.75) is 45.1 Å². The van der Waals surface area contributed by atoms with Gasteiger partial charge in [0.05, 0.1) is 6.67 Å². The molecule has 1 spiro atoms. The molecule has 3 fully saturated rings. The summed E-state index contributed by atoms with van der Waals surface area (Å²) in [5.41, 5.74) is 3.20. The molecular formula is C28H35N5O3. The number of hydrogen-bond donors (Lipinski definition) is 1. The van der Waals surface area contributed by atoms with E-state index in [1.165, 1.54) is 0 Å². The number of rotatable bonds is 4. The third-order valence-electron chi connectivity index (χ3n) is 7.87. The summed E-state index contributed by atoms with van der Waals surface area (Å²) >= 11 is 0. The standard InChI is InChI=1S/C28H35N5O3/c1-21-10-11-24(22(2)18-21)29-27(36)31-16-12-28(13-17-31)26(35)32(19-25(34)30-14-6-7-15-30)20-33(28)23-8-4-3-5-9-23/h3-5,8-11,18H,6-7,12-17,19-20H2,1-2H3,(H,29,36). The van der Waals surface area contributed by atoms with Gasteiger partial charge >= 0.3 is 6.03 Å². The Morgan fingerprint density at radius 1 is 0.917 bits per heavy atom. The van der Waals surface area contributed by atoms with Crippen LogP contribution in [0.25, 0.3) is 0 Å². The van der Waals surface area contributed by atoms with Gasteiger partial charge in [0.2, 0.25) is 5.91 Å². The first-order valence-corrected chi connectivity index (χ1v) is 12.9. The summed E-state index contributed by atoms with van der Waals surface area (Å²) in [7, 11) is 0. The zero-order chi connectivity index (χ0) is 25.3. The number of hydrogen-bond acceptors (Lipinski definition) is 4. The number of piperidine rings is 1. The summed E-state index contributed by atoms with van der Waals surface area (Å²) < 4.78 is 0. The second-order valence-corrected chi connectivity index (χ2v) is 10.3. The highest BCUT2D eigenvalue weighted by atomic mass is 16.2. The number of carbonyl (C=O) groups is 3. The summed E-state index contributed by atoms with van der Waals surface area (Å²) in [6.45, 7) is 7.01. The third kappa shape index (κ3) is 4.52. The van der Waals surface area contributed by atoms with E-state index >= 15 is 0 Å². The van der Waals surface area contributed by atoms with E-state index in [-0.39, 0.29) is 24.4 Å². The lowest BCUT2D eigenvalue weighted by Gasteiger charge is -2.43. The molecule has 3 aliphatic heterocycles. The molecule has 3 saturated heterocycles. The Morgan fingerprint density at radius 3 is 2.28 bits per heavy atom. The van der Waals surface area contributed by atoms with Crippen molar-refractivity contribution in [3.63, 3.8) is 0 Å². The van der Waals surface area contributed by atoms with E-state index in [1.807, 2.05) is 67.3 Å². The summed E-state index contributed by atoms with van der Waals surface area (Å²) in [6.07, 6.45) is 3.10. The Hall–Kier alpha value is -3.55. The van der Waals surface area contributed by atoms with Crippen molar-refractivity contribution in [2.24, 2.45) is 0 Å². The van der Waals surface area contributed by atoms with Gasteiger partial charge in [-0.2, -0.15) is 0 Å². The van der Waals surface area contributed by atoms with Gasteiger partial charge in [0.15, 0.2) is 0 Å². The van der Waals surface area contributed by atoms with Gasteiger partial charge in [-0.15, -0.1) is 0 Å². The fraction of sp³-hybridized carbons (Fsp3) is 0.464. The highest BCUT2D eigenvalue weighted by Crippen LogP contribution is 2.39. The predicted octanol–water partition coefficient (Wildman–Crippen LogP) is 3.60. The molecule has 5 rings (SSSR count). The number of aryl methyl sites for hydroxylation is 2. The number of anilines is 2. The molecule has 0 bridgehead atoms. The molecule has 0 atom stereocenters. The van der Waals surface area contributed by atoms with Crippen molar-refractivity contribution < 1.29 is 14.4 Å². The van der Waals surface area contributed by atoms with Crippen molar-refractivity contribution in [2.75, 3.05) is 49.6 Å². The molecule has 1 N–H and O–H groups in total. The molecule has 3 heterocycles. The minimum absolute atomic E-state index is 0.00617. The number of carbonyl (C=O) groups excluding carboxylic acids is 3. The normalized spacial score (nSPS) is 19.3. The predicted molar refractivity (Wildman–Crippen MR) is 140 cm³/mol. The monoisotopic (exact) mass is 489 g/mol. The number of para-hydroxylation sites is 1. The highest BCUT2D eigenvalue weighted by Gasteiger charge is 2.54. The fourth-order valence-corrected chi connectivity index (χ4v) is 5.78. The molecule has 8 heteroatoms. The van der Waals surface area contributed by atoms with Crippen LogP contribution in [0.3, 0.4) is 0 Å². The topological polar surface area (TPSA) is 76.2 Å². The summed E-state index contributed by atoms with van der Waals surface area (Å²) in [5, 5.41) is 3.03. The van der Waals surface area contributed by atoms with E-state index in [0.29, 0.717) is 32.6 Å². The van der Waals surface area contributed by atoms with Crippen LogP contribution in [0.4, 0.5) is 16.2 Å². The molecule has 190 valence electrons. The molecule has 3 aliphatic rings. The molecule has 4 amide bonds. The Balaban J connectivity index is 1.31. The van der Waals surface area contributed by atoms with Gasteiger partial charge in [-0.25, -0.2) is 4.79 Å². The van der Waals surface area contributed by atoms with E-state index in [1.54, 1.807) is 9.80 Å². The number of amides is 4. The highest BCUT2D eigenvalue weighted by molar-refractivity contribution is 5.97.